The van der Waals surface area contributed by atoms with E-state index in [0.717, 1.165) is 11.8 Å². The minimum atomic E-state index is -3.28. The van der Waals surface area contributed by atoms with Gasteiger partial charge in [-0.2, -0.15) is 10.2 Å². The zero-order valence-corrected chi connectivity index (χ0v) is 15.9. The van der Waals surface area contributed by atoms with Crippen molar-refractivity contribution in [1.29, 1.82) is 0 Å². The van der Waals surface area contributed by atoms with E-state index in [-0.39, 0.29) is 5.91 Å². The van der Waals surface area contributed by atoms with Gasteiger partial charge in [-0.3, -0.25) is 9.52 Å². The largest absolute Gasteiger partial charge is 0.345 e. The minimum absolute atomic E-state index is 0.0535. The van der Waals surface area contributed by atoms with E-state index in [1.54, 1.807) is 24.1 Å². The van der Waals surface area contributed by atoms with E-state index in [1.807, 2.05) is 12.1 Å². The molecular weight excluding hydrogens is 352 g/mol. The maximum atomic E-state index is 12.2. The van der Waals surface area contributed by atoms with Crippen LogP contribution in [0.2, 0.25) is 0 Å². The fourth-order valence-corrected chi connectivity index (χ4v) is 3.11. The van der Waals surface area contributed by atoms with Crippen molar-refractivity contribution in [3.05, 3.63) is 29.8 Å². The molecule has 0 saturated heterocycles. The molecule has 0 aromatic heterocycles. The Hall–Kier alpha value is -2.40. The molecular formula is C18H24N4O3S. The van der Waals surface area contributed by atoms with Gasteiger partial charge in [-0.25, -0.2) is 8.42 Å². The van der Waals surface area contributed by atoms with Crippen molar-refractivity contribution in [3.8, 4) is 12.3 Å². The highest BCUT2D eigenvalue weighted by Crippen LogP contribution is 2.37. The summed E-state index contributed by atoms with van der Waals surface area (Å²) >= 11 is 0. The predicted octanol–water partition coefficient (Wildman–Crippen LogP) is 2.41. The van der Waals surface area contributed by atoms with Crippen molar-refractivity contribution in [3.63, 3.8) is 0 Å². The van der Waals surface area contributed by atoms with Crippen LogP contribution in [-0.2, 0) is 21.2 Å². The van der Waals surface area contributed by atoms with Gasteiger partial charge in [-0.1, -0.05) is 12.1 Å². The molecule has 140 valence electrons. The Kier molecular flexibility index (Phi) is 6.37. The van der Waals surface area contributed by atoms with Gasteiger partial charge in [0.1, 0.15) is 0 Å². The smallest absolute Gasteiger partial charge is 0.229 e. The normalized spacial score (nSPS) is 14.5. The SMILES string of the molecule is C#CCCC1(CCC(=O)N(C)CCc2ccc(NS(C)(=O)=O)cc2)N=N1. The molecule has 1 N–H and O–H groups in total. The molecule has 1 aromatic carbocycles. The Balaban J connectivity index is 1.74. The molecule has 1 aliphatic rings. The standard InChI is InChI=1S/C18H24N4O3S/c1-4-5-12-18(20-21-18)13-10-17(23)22(2)14-11-15-6-8-16(9-7-15)19-26(3,24)25/h1,6-9,19H,5,10-14H2,2-3H3. The number of carbonyl (C=O) groups excluding carboxylic acids is 1. The molecule has 2 rings (SSSR count). The summed E-state index contributed by atoms with van der Waals surface area (Å²) in [6, 6.07) is 7.12. The monoisotopic (exact) mass is 376 g/mol. The number of amides is 1. The Morgan fingerprint density at radius 1 is 1.27 bits per heavy atom. The summed E-state index contributed by atoms with van der Waals surface area (Å²) in [4.78, 5) is 13.9. The Bertz CT molecular complexity index is 804. The van der Waals surface area contributed by atoms with Crippen LogP contribution >= 0.6 is 0 Å². The lowest BCUT2D eigenvalue weighted by Gasteiger charge is -2.18. The van der Waals surface area contributed by atoms with Crippen LogP contribution in [-0.4, -0.2) is 44.7 Å². The van der Waals surface area contributed by atoms with Crippen molar-refractivity contribution in [2.45, 2.75) is 37.8 Å². The zero-order chi connectivity index (χ0) is 19.2. The van der Waals surface area contributed by atoms with Crippen molar-refractivity contribution in [2.24, 2.45) is 10.2 Å². The maximum Gasteiger partial charge on any atom is 0.229 e. The molecule has 0 saturated carbocycles. The molecule has 26 heavy (non-hydrogen) atoms. The third-order valence-corrected chi connectivity index (χ3v) is 4.82. The predicted molar refractivity (Wildman–Crippen MR) is 101 cm³/mol. The fourth-order valence-electron chi connectivity index (χ4n) is 2.54. The highest BCUT2D eigenvalue weighted by Gasteiger charge is 2.39. The van der Waals surface area contributed by atoms with Gasteiger partial charge in [0.15, 0.2) is 5.66 Å². The molecule has 1 amide bonds. The summed E-state index contributed by atoms with van der Waals surface area (Å²) in [5.41, 5.74) is 1.13. The first-order valence-electron chi connectivity index (χ1n) is 8.41. The molecule has 0 radical (unpaired) electrons. The summed E-state index contributed by atoms with van der Waals surface area (Å²) in [6.45, 7) is 0.587. The van der Waals surface area contributed by atoms with Crippen LogP contribution in [0, 0.1) is 12.3 Å². The fraction of sp³-hybridized carbons (Fsp3) is 0.500. The average molecular weight is 376 g/mol. The lowest BCUT2D eigenvalue weighted by Crippen LogP contribution is -2.29. The number of anilines is 1. The molecule has 1 aliphatic heterocycles. The van der Waals surface area contributed by atoms with E-state index in [1.165, 1.54) is 0 Å². The van der Waals surface area contributed by atoms with Crippen LogP contribution in [0.3, 0.4) is 0 Å². The third kappa shape index (κ3) is 6.48. The molecule has 0 bridgehead atoms. The summed E-state index contributed by atoms with van der Waals surface area (Å²) in [6.07, 6.45) is 9.37. The van der Waals surface area contributed by atoms with Crippen LogP contribution < -0.4 is 4.72 Å². The summed E-state index contributed by atoms with van der Waals surface area (Å²) < 4.78 is 24.8. The van der Waals surface area contributed by atoms with Crippen LogP contribution in [0.25, 0.3) is 0 Å². The number of hydrogen-bond acceptors (Lipinski definition) is 5. The second kappa shape index (κ2) is 8.32. The number of nitrogens with zero attached hydrogens (tertiary/aromatic N) is 3. The van der Waals surface area contributed by atoms with Crippen molar-refractivity contribution in [2.75, 3.05) is 24.6 Å². The Morgan fingerprint density at radius 2 is 1.92 bits per heavy atom. The van der Waals surface area contributed by atoms with Gasteiger partial charge in [0, 0.05) is 45.0 Å². The maximum absolute atomic E-state index is 12.2. The first-order chi connectivity index (χ1) is 12.2. The molecule has 1 heterocycles. The lowest BCUT2D eigenvalue weighted by atomic mass is 10.0. The number of terminal acetylenes is 1. The van der Waals surface area contributed by atoms with Gasteiger partial charge >= 0.3 is 0 Å². The molecule has 7 nitrogen and oxygen atoms in total. The number of carbonyl (C=O) groups is 1. The second-order valence-corrected chi connectivity index (χ2v) is 8.27. The molecule has 1 aromatic rings. The first-order valence-corrected chi connectivity index (χ1v) is 10.3. The quantitative estimate of drug-likeness (QED) is 0.636. The van der Waals surface area contributed by atoms with E-state index in [2.05, 4.69) is 20.9 Å². The highest BCUT2D eigenvalue weighted by atomic mass is 32.2. The molecule has 0 fully saturated rings. The molecule has 0 atom stereocenters. The third-order valence-electron chi connectivity index (χ3n) is 4.21. The van der Waals surface area contributed by atoms with Gasteiger partial charge in [-0.05, 0) is 24.1 Å². The number of sulfonamides is 1. The van der Waals surface area contributed by atoms with Gasteiger partial charge in [0.05, 0.1) is 6.26 Å². The summed E-state index contributed by atoms with van der Waals surface area (Å²) in [7, 11) is -1.50. The van der Waals surface area contributed by atoms with Gasteiger partial charge in [-0.15, -0.1) is 12.3 Å². The molecule has 0 unspecified atom stereocenters. The minimum Gasteiger partial charge on any atom is -0.345 e. The Labute approximate surface area is 154 Å². The van der Waals surface area contributed by atoms with Crippen LogP contribution in [0.1, 0.15) is 31.2 Å². The molecule has 0 aliphatic carbocycles. The number of rotatable bonds is 10. The summed E-state index contributed by atoms with van der Waals surface area (Å²) in [5, 5.41) is 8.08. The highest BCUT2D eigenvalue weighted by molar-refractivity contribution is 7.92. The number of nitrogens with one attached hydrogen (secondary N) is 1. The number of hydrogen-bond donors (Lipinski definition) is 1. The van der Waals surface area contributed by atoms with Crippen LogP contribution in [0.15, 0.2) is 34.5 Å². The van der Waals surface area contributed by atoms with E-state index in [0.29, 0.717) is 44.3 Å². The second-order valence-electron chi connectivity index (χ2n) is 6.52. The van der Waals surface area contributed by atoms with Crippen LogP contribution in [0.4, 0.5) is 5.69 Å². The van der Waals surface area contributed by atoms with Crippen molar-refractivity contribution >= 4 is 21.6 Å². The first kappa shape index (κ1) is 19.9. The molecule has 0 spiro atoms. The zero-order valence-electron chi connectivity index (χ0n) is 15.1. The summed E-state index contributed by atoms with van der Waals surface area (Å²) in [5.74, 6) is 2.63. The van der Waals surface area contributed by atoms with E-state index < -0.39 is 15.7 Å². The average Bonchev–Trinajstić information content (AvgIpc) is 3.36. The topological polar surface area (TPSA) is 91.2 Å². The van der Waals surface area contributed by atoms with E-state index >= 15 is 0 Å². The van der Waals surface area contributed by atoms with Gasteiger partial charge in [0.2, 0.25) is 15.9 Å². The lowest BCUT2D eigenvalue weighted by molar-refractivity contribution is -0.130. The van der Waals surface area contributed by atoms with Crippen molar-refractivity contribution in [1.82, 2.24) is 4.90 Å². The number of benzene rings is 1. The molecule has 8 heteroatoms. The van der Waals surface area contributed by atoms with Gasteiger partial charge < -0.3 is 4.90 Å². The van der Waals surface area contributed by atoms with E-state index in [4.69, 9.17) is 6.42 Å². The van der Waals surface area contributed by atoms with Gasteiger partial charge in [0.25, 0.3) is 0 Å². The van der Waals surface area contributed by atoms with Crippen molar-refractivity contribution < 1.29 is 13.2 Å². The number of likely N-dealkylation sites (N-methyl/N-ethyl adjacent to an activating group) is 1. The van der Waals surface area contributed by atoms with E-state index in [9.17, 15) is 13.2 Å². The Morgan fingerprint density at radius 3 is 2.46 bits per heavy atom. The van der Waals surface area contributed by atoms with Crippen LogP contribution in [0.5, 0.6) is 0 Å².